The molecule has 14 heavy (non-hydrogen) atoms. The van der Waals surface area contributed by atoms with Gasteiger partial charge in [0.2, 0.25) is 0 Å². The minimum Gasteiger partial charge on any atom is -0.512 e. The fraction of sp³-hybridized carbons (Fsp3) is 0.545. The van der Waals surface area contributed by atoms with Crippen molar-refractivity contribution < 1.29 is 15.0 Å². The number of unbranched alkanes of at least 4 members (excludes halogenated alkanes) is 1. The summed E-state index contributed by atoms with van der Waals surface area (Å²) in [7, 11) is 0. The first-order valence-electron chi connectivity index (χ1n) is 4.76. The zero-order valence-electron chi connectivity index (χ0n) is 8.84. The molecule has 0 saturated carbocycles. The van der Waals surface area contributed by atoms with E-state index < -0.39 is 0 Å². The van der Waals surface area contributed by atoms with Crippen molar-refractivity contribution in [1.29, 1.82) is 0 Å². The number of aliphatic hydroxyl groups is 2. The third kappa shape index (κ3) is 3.75. The molecule has 0 amide bonds. The Bertz CT molecular complexity index is 251. The summed E-state index contributed by atoms with van der Waals surface area (Å²) in [6, 6.07) is 0. The summed E-state index contributed by atoms with van der Waals surface area (Å²) in [5.41, 5.74) is 0.406. The van der Waals surface area contributed by atoms with Crippen LogP contribution in [0.2, 0.25) is 0 Å². The van der Waals surface area contributed by atoms with E-state index in [1.165, 1.54) is 0 Å². The van der Waals surface area contributed by atoms with Gasteiger partial charge < -0.3 is 10.2 Å². The SMILES string of the molecule is C=C(CO)C(=O)/C(C)=C(\O)CCCC. The van der Waals surface area contributed by atoms with Crippen molar-refractivity contribution in [2.45, 2.75) is 33.1 Å². The Hall–Kier alpha value is -1.09. The molecule has 0 aliphatic heterocycles. The van der Waals surface area contributed by atoms with Gasteiger partial charge in [-0.3, -0.25) is 4.79 Å². The lowest BCUT2D eigenvalue weighted by Crippen LogP contribution is -2.08. The van der Waals surface area contributed by atoms with Gasteiger partial charge in [-0.25, -0.2) is 0 Å². The Kier molecular flexibility index (Phi) is 5.88. The summed E-state index contributed by atoms with van der Waals surface area (Å²) < 4.78 is 0. The Balaban J connectivity index is 4.48. The second-order valence-electron chi connectivity index (χ2n) is 3.27. The molecule has 0 radical (unpaired) electrons. The normalized spacial score (nSPS) is 12.2. The highest BCUT2D eigenvalue weighted by atomic mass is 16.3. The molecule has 0 aromatic carbocycles. The van der Waals surface area contributed by atoms with E-state index in [2.05, 4.69) is 6.58 Å². The van der Waals surface area contributed by atoms with Crippen LogP contribution in [0.4, 0.5) is 0 Å². The Morgan fingerprint density at radius 1 is 1.43 bits per heavy atom. The number of rotatable bonds is 6. The number of ketones is 1. The molecule has 80 valence electrons. The van der Waals surface area contributed by atoms with E-state index in [1.54, 1.807) is 6.92 Å². The molecule has 0 aromatic heterocycles. The Labute approximate surface area is 84.8 Å². The molecule has 0 bridgehead atoms. The van der Waals surface area contributed by atoms with Crippen LogP contribution in [-0.4, -0.2) is 22.6 Å². The van der Waals surface area contributed by atoms with E-state index in [1.807, 2.05) is 6.92 Å². The molecule has 0 heterocycles. The monoisotopic (exact) mass is 198 g/mol. The lowest BCUT2D eigenvalue weighted by atomic mass is 10.0. The van der Waals surface area contributed by atoms with Crippen molar-refractivity contribution in [3.8, 4) is 0 Å². The van der Waals surface area contributed by atoms with Gasteiger partial charge in [0.05, 0.1) is 12.4 Å². The van der Waals surface area contributed by atoms with Gasteiger partial charge in [0.25, 0.3) is 0 Å². The maximum Gasteiger partial charge on any atom is 0.189 e. The average Bonchev–Trinajstić information content (AvgIpc) is 2.22. The number of hydrogen-bond donors (Lipinski definition) is 2. The first kappa shape index (κ1) is 12.9. The van der Waals surface area contributed by atoms with E-state index in [-0.39, 0.29) is 29.3 Å². The lowest BCUT2D eigenvalue weighted by molar-refractivity contribution is -0.112. The van der Waals surface area contributed by atoms with Crippen molar-refractivity contribution in [3.05, 3.63) is 23.5 Å². The van der Waals surface area contributed by atoms with Crippen molar-refractivity contribution in [1.82, 2.24) is 0 Å². The van der Waals surface area contributed by atoms with Gasteiger partial charge in [0.1, 0.15) is 0 Å². The molecule has 3 nitrogen and oxygen atoms in total. The van der Waals surface area contributed by atoms with Gasteiger partial charge in [-0.05, 0) is 13.3 Å². The van der Waals surface area contributed by atoms with Crippen LogP contribution in [0.3, 0.4) is 0 Å². The van der Waals surface area contributed by atoms with Crippen LogP contribution in [0.5, 0.6) is 0 Å². The first-order valence-corrected chi connectivity index (χ1v) is 4.76. The zero-order chi connectivity index (χ0) is 11.1. The van der Waals surface area contributed by atoms with E-state index in [0.717, 1.165) is 12.8 Å². The maximum atomic E-state index is 11.4. The smallest absolute Gasteiger partial charge is 0.189 e. The molecule has 0 aromatic rings. The van der Waals surface area contributed by atoms with Crippen molar-refractivity contribution in [3.63, 3.8) is 0 Å². The molecular weight excluding hydrogens is 180 g/mol. The highest BCUT2D eigenvalue weighted by Crippen LogP contribution is 2.12. The molecule has 0 rings (SSSR count). The molecule has 0 spiro atoms. The van der Waals surface area contributed by atoms with Crippen LogP contribution in [0.25, 0.3) is 0 Å². The third-order valence-electron chi connectivity index (χ3n) is 2.05. The van der Waals surface area contributed by atoms with Crippen molar-refractivity contribution in [2.24, 2.45) is 0 Å². The molecule has 3 heteroatoms. The van der Waals surface area contributed by atoms with E-state index >= 15 is 0 Å². The predicted octanol–water partition coefficient (Wildman–Crippen LogP) is 2.13. The second kappa shape index (κ2) is 6.38. The largest absolute Gasteiger partial charge is 0.512 e. The first-order chi connectivity index (χ1) is 6.54. The van der Waals surface area contributed by atoms with Gasteiger partial charge in [-0.15, -0.1) is 0 Å². The fourth-order valence-corrected chi connectivity index (χ4v) is 1.000. The Morgan fingerprint density at radius 3 is 2.43 bits per heavy atom. The van der Waals surface area contributed by atoms with Crippen LogP contribution in [0, 0.1) is 0 Å². The molecule has 0 fully saturated rings. The average molecular weight is 198 g/mol. The van der Waals surface area contributed by atoms with Crippen LogP contribution in [0.15, 0.2) is 23.5 Å². The number of hydrogen-bond acceptors (Lipinski definition) is 3. The molecule has 2 N–H and O–H groups in total. The molecule has 0 atom stereocenters. The van der Waals surface area contributed by atoms with Gasteiger partial charge in [0, 0.05) is 17.6 Å². The molecule has 0 saturated heterocycles. The van der Waals surface area contributed by atoms with Crippen molar-refractivity contribution >= 4 is 5.78 Å². The van der Waals surface area contributed by atoms with Crippen LogP contribution in [-0.2, 0) is 4.79 Å². The minimum atomic E-state index is -0.364. The summed E-state index contributed by atoms with van der Waals surface area (Å²) in [6.07, 6.45) is 2.32. The molecule has 0 aliphatic carbocycles. The topological polar surface area (TPSA) is 57.5 Å². The second-order valence-corrected chi connectivity index (χ2v) is 3.27. The molecular formula is C11H18O3. The van der Waals surface area contributed by atoms with E-state index in [4.69, 9.17) is 5.11 Å². The number of allylic oxidation sites excluding steroid dienone is 2. The number of aliphatic hydroxyl groups excluding tert-OH is 2. The minimum absolute atomic E-state index is 0.103. The van der Waals surface area contributed by atoms with Crippen LogP contribution >= 0.6 is 0 Å². The van der Waals surface area contributed by atoms with Crippen LogP contribution in [0.1, 0.15) is 33.1 Å². The number of carbonyl (C=O) groups is 1. The Morgan fingerprint density at radius 2 is 2.00 bits per heavy atom. The summed E-state index contributed by atoms with van der Waals surface area (Å²) in [5, 5.41) is 18.2. The van der Waals surface area contributed by atoms with E-state index in [9.17, 15) is 9.90 Å². The highest BCUT2D eigenvalue weighted by Gasteiger charge is 2.12. The van der Waals surface area contributed by atoms with E-state index in [0.29, 0.717) is 6.42 Å². The van der Waals surface area contributed by atoms with Gasteiger partial charge in [-0.1, -0.05) is 19.9 Å². The predicted molar refractivity (Wildman–Crippen MR) is 56.1 cm³/mol. The number of carbonyl (C=O) groups excluding carboxylic acids is 1. The summed E-state index contributed by atoms with van der Waals surface area (Å²) in [5.74, 6) is -0.257. The number of Topliss-reactive ketones (excluding diaryl/α,β-unsaturated/α-hetero) is 1. The fourth-order valence-electron chi connectivity index (χ4n) is 1.000. The maximum absolute atomic E-state index is 11.4. The zero-order valence-corrected chi connectivity index (χ0v) is 8.84. The summed E-state index contributed by atoms with van der Waals surface area (Å²) >= 11 is 0. The summed E-state index contributed by atoms with van der Waals surface area (Å²) in [6.45, 7) is 6.61. The summed E-state index contributed by atoms with van der Waals surface area (Å²) in [4.78, 5) is 11.4. The molecule has 0 unspecified atom stereocenters. The lowest BCUT2D eigenvalue weighted by Gasteiger charge is -2.05. The third-order valence-corrected chi connectivity index (χ3v) is 2.05. The van der Waals surface area contributed by atoms with Crippen LogP contribution < -0.4 is 0 Å². The quantitative estimate of drug-likeness (QED) is 0.507. The molecule has 0 aliphatic rings. The van der Waals surface area contributed by atoms with Crippen molar-refractivity contribution in [2.75, 3.05) is 6.61 Å². The van der Waals surface area contributed by atoms with Gasteiger partial charge in [0.15, 0.2) is 5.78 Å². The highest BCUT2D eigenvalue weighted by molar-refractivity contribution is 6.07. The van der Waals surface area contributed by atoms with Gasteiger partial charge in [-0.2, -0.15) is 0 Å². The van der Waals surface area contributed by atoms with Gasteiger partial charge >= 0.3 is 0 Å². The standard InChI is InChI=1S/C11H18O3/c1-4-5-6-10(13)9(3)11(14)8(2)7-12/h12-13H,2,4-7H2,1,3H3/b10-9-.